The third kappa shape index (κ3) is 6.98. The van der Waals surface area contributed by atoms with Crippen molar-refractivity contribution < 1.29 is 44.1 Å². The number of rotatable bonds is 5. The third-order valence-corrected chi connectivity index (χ3v) is 25.4. The van der Waals surface area contributed by atoms with E-state index in [1.54, 1.807) is 8.85 Å². The quantitative estimate of drug-likeness (QED) is 0.189. The zero-order valence-electron chi connectivity index (χ0n) is 34.7. The topological polar surface area (TPSA) is 0 Å². The molecule has 0 fully saturated rings. The molecule has 1 atom stereocenters. The van der Waals surface area contributed by atoms with Gasteiger partial charge >= 0.3 is 341 Å². The fourth-order valence-electron chi connectivity index (χ4n) is 10.8. The molecule has 0 saturated heterocycles. The van der Waals surface area contributed by atoms with Crippen molar-refractivity contribution in [2.75, 3.05) is 0 Å². The van der Waals surface area contributed by atoms with E-state index in [1.807, 2.05) is 0 Å². The summed E-state index contributed by atoms with van der Waals surface area (Å²) in [5.41, 5.74) is 19.9. The molecule has 0 saturated carbocycles. The smallest absolute Gasteiger partial charge is 1.00 e. The van der Waals surface area contributed by atoms with Crippen LogP contribution in [0.2, 0.25) is 10.0 Å². The molecule has 1 unspecified atom stereocenters. The summed E-state index contributed by atoms with van der Waals surface area (Å²) >= 11 is 9.01. The summed E-state index contributed by atoms with van der Waals surface area (Å²) in [6.45, 7) is 26.2. The normalized spacial score (nSPS) is 18.3. The minimum Gasteiger partial charge on any atom is -1.00 e. The van der Waals surface area contributed by atoms with Gasteiger partial charge in [-0.05, 0) is 0 Å². The van der Waals surface area contributed by atoms with Crippen molar-refractivity contribution in [1.82, 2.24) is 0 Å². The van der Waals surface area contributed by atoms with E-state index in [-0.39, 0.29) is 44.7 Å². The monoisotopic (exact) mass is 896 g/mol. The fraction of sp³-hybridized carbons (Fsp3) is 0.333. The molecule has 4 aliphatic rings. The van der Waals surface area contributed by atoms with Gasteiger partial charge in [-0.15, -0.1) is 0 Å². The Labute approximate surface area is 362 Å². The van der Waals surface area contributed by atoms with E-state index in [0.717, 1.165) is 16.5 Å². The Morgan fingerprint density at radius 2 is 1.07 bits per heavy atom. The average Bonchev–Trinajstić information content (AvgIpc) is 3.76. The second-order valence-corrected chi connectivity index (χ2v) is 28.3. The summed E-state index contributed by atoms with van der Waals surface area (Å²) in [7, 11) is 0. The van der Waals surface area contributed by atoms with Crippen LogP contribution in [0.4, 0.5) is 0 Å². The van der Waals surface area contributed by atoms with Gasteiger partial charge in [0, 0.05) is 0 Å². The molecule has 4 aromatic rings. The van der Waals surface area contributed by atoms with Gasteiger partial charge in [0.1, 0.15) is 0 Å². The van der Waals surface area contributed by atoms with E-state index in [4.69, 9.17) is 23.2 Å². The molecule has 0 amide bonds. The Morgan fingerprint density at radius 3 is 1.45 bits per heavy atom. The minimum atomic E-state index is -4.17. The summed E-state index contributed by atoms with van der Waals surface area (Å²) in [6.07, 6.45) is 8.60. The average molecular weight is 900 g/mol. The molecule has 0 aromatic heterocycles. The molecular formula is C51H54Cl4Zr. The molecule has 0 aliphatic heterocycles. The molecule has 0 heterocycles. The molecule has 0 radical (unpaired) electrons. The van der Waals surface area contributed by atoms with Gasteiger partial charge in [-0.25, -0.2) is 0 Å². The Morgan fingerprint density at radius 1 is 0.661 bits per heavy atom. The van der Waals surface area contributed by atoms with Gasteiger partial charge in [0.25, 0.3) is 0 Å². The van der Waals surface area contributed by atoms with E-state index in [2.05, 4.69) is 175 Å². The summed E-state index contributed by atoms with van der Waals surface area (Å²) in [5, 5.41) is 1.54. The van der Waals surface area contributed by atoms with Crippen LogP contribution in [-0.4, -0.2) is 7.42 Å². The van der Waals surface area contributed by atoms with E-state index >= 15 is 0 Å². The van der Waals surface area contributed by atoms with Crippen LogP contribution in [0.25, 0.3) is 22.3 Å². The molecule has 0 bridgehead atoms. The van der Waals surface area contributed by atoms with Gasteiger partial charge in [0.2, 0.25) is 0 Å². The maximum Gasteiger partial charge on any atom is -1.00 e. The maximum atomic E-state index is 6.59. The first-order valence-corrected chi connectivity index (χ1v) is 26.0. The zero-order chi connectivity index (χ0) is 38.7. The Bertz CT molecular complexity index is 2380. The molecule has 0 nitrogen and oxygen atoms in total. The Kier molecular flexibility index (Phi) is 11.6. The number of fused-ring (bicyclic) bond motifs is 5. The summed E-state index contributed by atoms with van der Waals surface area (Å²) in [5.74, 6) is 0.314. The minimum absolute atomic E-state index is 0. The maximum absolute atomic E-state index is 6.59. The first kappa shape index (κ1) is 43.2. The fourth-order valence-corrected chi connectivity index (χ4v) is 25.1. The van der Waals surface area contributed by atoms with Crippen LogP contribution in [0.5, 0.6) is 0 Å². The Hall–Kier alpha value is -2.38. The number of hydrogen-bond donors (Lipinski definition) is 0. The second kappa shape index (κ2) is 15.0. The number of allylic oxidation sites excluding steroid dienone is 8. The number of benzene rings is 4. The van der Waals surface area contributed by atoms with Crippen LogP contribution in [0.15, 0.2) is 105 Å². The van der Waals surface area contributed by atoms with Gasteiger partial charge in [0.15, 0.2) is 0 Å². The van der Waals surface area contributed by atoms with Gasteiger partial charge in [-0.2, -0.15) is 0 Å². The van der Waals surface area contributed by atoms with Crippen LogP contribution in [0.1, 0.15) is 131 Å². The predicted octanol–water partition coefficient (Wildman–Crippen LogP) is 8.60. The van der Waals surface area contributed by atoms with Crippen LogP contribution in [0, 0.1) is 11.3 Å². The van der Waals surface area contributed by atoms with E-state index in [1.165, 1.54) is 72.4 Å². The molecule has 4 aromatic carbocycles. The standard InChI is InChI=1S/C25H25.C12H19.2C7H5Cl.2ClH.Zr/c1-14-12-24(3,4)22-8-16-7-17-9-23-19(15(2)13-25(23,5)6)11-21(17)20(16)10-18(14)22;1-6-10-7-9(2)8-11(10)12(3,4)5;2*1-6-2-4-7(8)5-3-6;;;/h7-13H,1-6H3;8-9H,6H2,1-5H3;2*1-5H;2*1H;/q;;;;;;+2/p-2. The van der Waals surface area contributed by atoms with Crippen LogP contribution in [0.3, 0.4) is 0 Å². The van der Waals surface area contributed by atoms with Crippen molar-refractivity contribution in [3.8, 4) is 11.1 Å². The van der Waals surface area contributed by atoms with Crippen LogP contribution in [-0.2, 0) is 30.1 Å². The summed E-state index contributed by atoms with van der Waals surface area (Å²) < 4.78 is 7.52. The molecule has 290 valence electrons. The second-order valence-electron chi connectivity index (χ2n) is 18.7. The summed E-state index contributed by atoms with van der Waals surface area (Å²) in [4.78, 5) is 0. The van der Waals surface area contributed by atoms with Crippen molar-refractivity contribution in [3.05, 3.63) is 160 Å². The van der Waals surface area contributed by atoms with Crippen molar-refractivity contribution in [2.45, 2.75) is 97.0 Å². The van der Waals surface area contributed by atoms with E-state index < -0.39 is 19.3 Å². The molecule has 4 aliphatic carbocycles. The molecule has 56 heavy (non-hydrogen) atoms. The number of halogens is 4. The SMILES string of the molecule is CCC1=[C]([Zr+2](=[CH]c2ccc(Cl)cc2)(=[CH]c2ccc(Cl)cc2)[CH]2c3cc4c(cc3-c3cc5c(cc32)C(C)(C)C=C5C)C(C)=CC4(C)C)C(C)C=C1C(C)(C)C.[Cl-].[Cl-]. The predicted molar refractivity (Wildman–Crippen MR) is 234 cm³/mol. The van der Waals surface area contributed by atoms with Gasteiger partial charge in [0.05, 0.1) is 0 Å². The first-order valence-electron chi connectivity index (χ1n) is 19.8. The summed E-state index contributed by atoms with van der Waals surface area (Å²) in [6, 6.07) is 27.8. The van der Waals surface area contributed by atoms with E-state index in [9.17, 15) is 0 Å². The molecule has 8 rings (SSSR count). The van der Waals surface area contributed by atoms with Gasteiger partial charge < -0.3 is 24.8 Å². The number of hydrogen-bond acceptors (Lipinski definition) is 0. The van der Waals surface area contributed by atoms with Crippen molar-refractivity contribution >= 4 is 41.8 Å². The Balaban J connectivity index is 0.00000266. The molecular weight excluding hydrogens is 846 g/mol. The zero-order valence-corrected chi connectivity index (χ0v) is 40.2. The van der Waals surface area contributed by atoms with Gasteiger partial charge in [-0.3, -0.25) is 0 Å². The van der Waals surface area contributed by atoms with Crippen molar-refractivity contribution in [3.63, 3.8) is 0 Å². The molecule has 0 N–H and O–H groups in total. The van der Waals surface area contributed by atoms with Crippen LogP contribution >= 0.6 is 23.2 Å². The first-order chi connectivity index (χ1) is 25.3. The van der Waals surface area contributed by atoms with Gasteiger partial charge in [-0.1, -0.05) is 0 Å². The third-order valence-electron chi connectivity index (χ3n) is 12.9. The molecule has 5 heteroatoms. The van der Waals surface area contributed by atoms with E-state index in [0.29, 0.717) is 5.92 Å². The van der Waals surface area contributed by atoms with Crippen molar-refractivity contribution in [2.24, 2.45) is 11.3 Å². The molecule has 0 spiro atoms. The van der Waals surface area contributed by atoms with Crippen LogP contribution < -0.4 is 24.8 Å². The largest absolute Gasteiger partial charge is 1.00 e. The van der Waals surface area contributed by atoms with Crippen molar-refractivity contribution in [1.29, 1.82) is 0 Å².